The number of aryl methyl sites for hydroxylation is 2. The summed E-state index contributed by atoms with van der Waals surface area (Å²) in [6.45, 7) is 4.12. The third-order valence-electron chi connectivity index (χ3n) is 3.42. The summed E-state index contributed by atoms with van der Waals surface area (Å²) in [6, 6.07) is 11.1. The molecule has 2 nitrogen and oxygen atoms in total. The molecule has 1 heterocycles. The molecule has 0 bridgehead atoms. The van der Waals surface area contributed by atoms with Crippen molar-refractivity contribution in [3.05, 3.63) is 58.1 Å². The van der Waals surface area contributed by atoms with E-state index in [0.29, 0.717) is 10.3 Å². The highest BCUT2D eigenvalue weighted by molar-refractivity contribution is 7.71. The fourth-order valence-electron chi connectivity index (χ4n) is 2.22. The van der Waals surface area contributed by atoms with Crippen LogP contribution in [-0.4, -0.2) is 9.55 Å². The highest BCUT2D eigenvalue weighted by Crippen LogP contribution is 2.23. The summed E-state index contributed by atoms with van der Waals surface area (Å²) >= 11 is 5.31. The summed E-state index contributed by atoms with van der Waals surface area (Å²) in [5.41, 5.74) is 4.57. The van der Waals surface area contributed by atoms with Crippen LogP contribution in [0.3, 0.4) is 0 Å². The third kappa shape index (κ3) is 1.88. The number of benzene rings is 2. The zero-order valence-corrected chi connectivity index (χ0v) is 11.5. The first kappa shape index (κ1) is 12.1. The molecule has 0 fully saturated rings. The van der Waals surface area contributed by atoms with Crippen LogP contribution >= 0.6 is 12.2 Å². The van der Waals surface area contributed by atoms with Crippen LogP contribution in [0.25, 0.3) is 16.7 Å². The van der Waals surface area contributed by atoms with Crippen molar-refractivity contribution in [1.82, 2.24) is 9.55 Å². The van der Waals surface area contributed by atoms with Gasteiger partial charge in [0.15, 0.2) is 4.77 Å². The Morgan fingerprint density at radius 2 is 1.89 bits per heavy atom. The van der Waals surface area contributed by atoms with Gasteiger partial charge in [-0.05, 0) is 61.5 Å². The normalized spacial score (nSPS) is 11.1. The van der Waals surface area contributed by atoms with E-state index in [4.69, 9.17) is 12.2 Å². The second kappa shape index (κ2) is 4.31. The van der Waals surface area contributed by atoms with Crippen LogP contribution < -0.4 is 0 Å². The number of halogens is 1. The van der Waals surface area contributed by atoms with Gasteiger partial charge in [-0.1, -0.05) is 12.1 Å². The summed E-state index contributed by atoms with van der Waals surface area (Å²) in [4.78, 5) is 2.93. The fourth-order valence-corrected chi connectivity index (χ4v) is 2.52. The predicted molar refractivity (Wildman–Crippen MR) is 77.9 cm³/mol. The second-order valence-corrected chi connectivity index (χ2v) is 5.05. The first-order valence-corrected chi connectivity index (χ1v) is 6.45. The Morgan fingerprint density at radius 1 is 1.11 bits per heavy atom. The van der Waals surface area contributed by atoms with Gasteiger partial charge in [0, 0.05) is 5.69 Å². The molecule has 19 heavy (non-hydrogen) atoms. The zero-order valence-electron chi connectivity index (χ0n) is 10.7. The van der Waals surface area contributed by atoms with Crippen LogP contribution in [0, 0.1) is 24.4 Å². The molecule has 3 rings (SSSR count). The van der Waals surface area contributed by atoms with Crippen LogP contribution in [-0.2, 0) is 0 Å². The first-order chi connectivity index (χ1) is 9.08. The van der Waals surface area contributed by atoms with Crippen LogP contribution in [0.15, 0.2) is 36.4 Å². The van der Waals surface area contributed by atoms with Crippen molar-refractivity contribution >= 4 is 23.3 Å². The number of hydrogen-bond donors (Lipinski definition) is 1. The van der Waals surface area contributed by atoms with Gasteiger partial charge in [-0.3, -0.25) is 4.57 Å². The number of imidazole rings is 1. The predicted octanol–water partition coefficient (Wildman–Crippen LogP) is 4.44. The van der Waals surface area contributed by atoms with Gasteiger partial charge in [0.25, 0.3) is 0 Å². The van der Waals surface area contributed by atoms with Crippen LogP contribution in [0.1, 0.15) is 11.1 Å². The molecule has 0 aliphatic carbocycles. The van der Waals surface area contributed by atoms with Crippen molar-refractivity contribution in [3.8, 4) is 5.69 Å². The molecule has 0 saturated carbocycles. The lowest BCUT2D eigenvalue weighted by molar-refractivity contribution is 0.637. The number of H-pyrrole nitrogens is 1. The van der Waals surface area contributed by atoms with E-state index >= 15 is 0 Å². The number of aromatic amines is 1. The monoisotopic (exact) mass is 272 g/mol. The number of nitrogens with zero attached hydrogens (tertiary/aromatic N) is 1. The Hall–Kier alpha value is -1.94. The lowest BCUT2D eigenvalue weighted by Crippen LogP contribution is -1.95. The van der Waals surface area contributed by atoms with E-state index in [1.165, 1.54) is 17.2 Å². The maximum atomic E-state index is 13.7. The van der Waals surface area contributed by atoms with E-state index in [-0.39, 0.29) is 5.82 Å². The van der Waals surface area contributed by atoms with Crippen molar-refractivity contribution in [2.45, 2.75) is 13.8 Å². The van der Waals surface area contributed by atoms with Crippen LogP contribution in [0.5, 0.6) is 0 Å². The van der Waals surface area contributed by atoms with E-state index in [1.807, 2.05) is 22.8 Å². The molecule has 0 saturated heterocycles. The van der Waals surface area contributed by atoms with Gasteiger partial charge in [0.1, 0.15) is 11.3 Å². The van der Waals surface area contributed by atoms with Gasteiger partial charge in [-0.15, -0.1) is 0 Å². The van der Waals surface area contributed by atoms with Gasteiger partial charge >= 0.3 is 0 Å². The molecule has 4 heteroatoms. The number of nitrogens with one attached hydrogen (secondary N) is 1. The quantitative estimate of drug-likeness (QED) is 0.649. The van der Waals surface area contributed by atoms with Crippen molar-refractivity contribution in [2.75, 3.05) is 0 Å². The second-order valence-electron chi connectivity index (χ2n) is 4.67. The fraction of sp³-hybridized carbons (Fsp3) is 0.133. The molecule has 0 atom stereocenters. The average Bonchev–Trinajstić information content (AvgIpc) is 2.71. The van der Waals surface area contributed by atoms with E-state index < -0.39 is 0 Å². The molecule has 3 aromatic rings. The van der Waals surface area contributed by atoms with Gasteiger partial charge in [0.2, 0.25) is 0 Å². The topological polar surface area (TPSA) is 20.7 Å². The van der Waals surface area contributed by atoms with Crippen LogP contribution in [0.2, 0.25) is 0 Å². The minimum absolute atomic E-state index is 0.286. The molecule has 0 aliphatic rings. The SMILES string of the molecule is Cc1ccc(-n2c(=S)[nH]c3c(F)cccc32)cc1C. The molecular weight excluding hydrogens is 259 g/mol. The van der Waals surface area contributed by atoms with E-state index in [9.17, 15) is 4.39 Å². The summed E-state index contributed by atoms with van der Waals surface area (Å²) in [6.07, 6.45) is 0. The minimum Gasteiger partial charge on any atom is -0.328 e. The molecule has 0 aliphatic heterocycles. The van der Waals surface area contributed by atoms with Gasteiger partial charge in [-0.25, -0.2) is 4.39 Å². The smallest absolute Gasteiger partial charge is 0.182 e. The Kier molecular flexibility index (Phi) is 2.75. The molecule has 96 valence electrons. The van der Waals surface area contributed by atoms with E-state index in [1.54, 1.807) is 6.07 Å². The summed E-state index contributed by atoms with van der Waals surface area (Å²) in [5.74, 6) is -0.286. The largest absolute Gasteiger partial charge is 0.328 e. The molecule has 0 spiro atoms. The molecule has 1 N–H and O–H groups in total. The average molecular weight is 272 g/mol. The zero-order chi connectivity index (χ0) is 13.6. The highest BCUT2D eigenvalue weighted by atomic mass is 32.1. The number of aromatic nitrogens is 2. The maximum Gasteiger partial charge on any atom is 0.182 e. The van der Waals surface area contributed by atoms with Crippen molar-refractivity contribution in [1.29, 1.82) is 0 Å². The molecular formula is C15H13FN2S. The standard InChI is InChI=1S/C15H13FN2S/c1-9-6-7-11(8-10(9)2)18-13-5-3-4-12(16)14(13)17-15(18)19/h3-8H,1-2H3,(H,17,19). The Morgan fingerprint density at radius 3 is 2.63 bits per heavy atom. The lowest BCUT2D eigenvalue weighted by Gasteiger charge is -2.07. The summed E-state index contributed by atoms with van der Waals surface area (Å²) in [7, 11) is 0. The van der Waals surface area contributed by atoms with E-state index in [0.717, 1.165) is 11.2 Å². The van der Waals surface area contributed by atoms with Crippen molar-refractivity contribution in [2.24, 2.45) is 0 Å². The van der Waals surface area contributed by atoms with Gasteiger partial charge < -0.3 is 4.98 Å². The number of rotatable bonds is 1. The van der Waals surface area contributed by atoms with Gasteiger partial charge in [-0.2, -0.15) is 0 Å². The van der Waals surface area contributed by atoms with Gasteiger partial charge in [0.05, 0.1) is 5.52 Å². The Labute approximate surface area is 115 Å². The number of hydrogen-bond acceptors (Lipinski definition) is 1. The van der Waals surface area contributed by atoms with Crippen LogP contribution in [0.4, 0.5) is 4.39 Å². The van der Waals surface area contributed by atoms with E-state index in [2.05, 4.69) is 24.9 Å². The first-order valence-electron chi connectivity index (χ1n) is 6.05. The molecule has 1 aromatic heterocycles. The van der Waals surface area contributed by atoms with Crippen molar-refractivity contribution < 1.29 is 4.39 Å². The highest BCUT2D eigenvalue weighted by Gasteiger charge is 2.10. The minimum atomic E-state index is -0.286. The summed E-state index contributed by atoms with van der Waals surface area (Å²) in [5, 5.41) is 0. The number of para-hydroxylation sites is 1. The maximum absolute atomic E-state index is 13.7. The van der Waals surface area contributed by atoms with Crippen molar-refractivity contribution in [3.63, 3.8) is 0 Å². The molecule has 0 amide bonds. The Balaban J connectivity index is 2.36. The molecule has 2 aromatic carbocycles. The lowest BCUT2D eigenvalue weighted by atomic mass is 10.1. The third-order valence-corrected chi connectivity index (χ3v) is 3.70. The molecule has 0 unspecified atom stereocenters. The molecule has 0 radical (unpaired) electrons. The summed E-state index contributed by atoms with van der Waals surface area (Å²) < 4.78 is 16.1. The number of fused-ring (bicyclic) bond motifs is 1. The Bertz CT molecular complexity index is 830.